The zero-order chi connectivity index (χ0) is 14.5. The van der Waals surface area contributed by atoms with E-state index in [9.17, 15) is 9.18 Å². The molecule has 0 unspecified atom stereocenters. The molecule has 1 atom stereocenters. The average Bonchev–Trinajstić information content (AvgIpc) is 2.41. The molecule has 2 rings (SSSR count). The van der Waals surface area contributed by atoms with Crippen LogP contribution in [0.4, 0.5) is 10.1 Å². The van der Waals surface area contributed by atoms with Gasteiger partial charge in [-0.1, -0.05) is 6.07 Å². The SMILES string of the molecule is C[C@@H](Oc1cccc(N)c1)C(=O)Oc1ccc(F)cc1. The van der Waals surface area contributed by atoms with E-state index < -0.39 is 17.9 Å². The van der Waals surface area contributed by atoms with Gasteiger partial charge in [0.25, 0.3) is 0 Å². The standard InChI is InChI=1S/C15H14FNO3/c1-10(19-14-4-2-3-12(17)9-14)15(18)20-13-7-5-11(16)6-8-13/h2-10H,17H2,1H3/t10-/m1/s1. The van der Waals surface area contributed by atoms with E-state index in [-0.39, 0.29) is 5.75 Å². The molecule has 104 valence electrons. The van der Waals surface area contributed by atoms with Crippen LogP contribution >= 0.6 is 0 Å². The summed E-state index contributed by atoms with van der Waals surface area (Å²) in [5.74, 6) is -0.221. The topological polar surface area (TPSA) is 61.5 Å². The van der Waals surface area contributed by atoms with Gasteiger partial charge in [-0.2, -0.15) is 0 Å². The molecule has 0 bridgehead atoms. The first-order valence-electron chi connectivity index (χ1n) is 6.04. The Morgan fingerprint density at radius 2 is 1.85 bits per heavy atom. The summed E-state index contributed by atoms with van der Waals surface area (Å²) in [6, 6.07) is 11.9. The van der Waals surface area contributed by atoms with Crippen LogP contribution in [0, 0.1) is 5.82 Å². The highest BCUT2D eigenvalue weighted by Gasteiger charge is 2.17. The van der Waals surface area contributed by atoms with Crippen LogP contribution in [0.1, 0.15) is 6.92 Å². The number of ether oxygens (including phenoxy) is 2. The molecule has 0 amide bonds. The lowest BCUT2D eigenvalue weighted by molar-refractivity contribution is -0.141. The summed E-state index contributed by atoms with van der Waals surface area (Å²) >= 11 is 0. The number of carbonyl (C=O) groups excluding carboxylic acids is 1. The molecular weight excluding hydrogens is 261 g/mol. The van der Waals surface area contributed by atoms with E-state index >= 15 is 0 Å². The van der Waals surface area contributed by atoms with Gasteiger partial charge in [0.05, 0.1) is 0 Å². The highest BCUT2D eigenvalue weighted by atomic mass is 19.1. The van der Waals surface area contributed by atoms with E-state index in [4.69, 9.17) is 15.2 Å². The molecule has 0 radical (unpaired) electrons. The zero-order valence-corrected chi connectivity index (χ0v) is 10.9. The lowest BCUT2D eigenvalue weighted by atomic mass is 10.3. The van der Waals surface area contributed by atoms with Crippen molar-refractivity contribution in [2.45, 2.75) is 13.0 Å². The Morgan fingerprint density at radius 3 is 2.50 bits per heavy atom. The molecule has 0 saturated heterocycles. The summed E-state index contributed by atoms with van der Waals surface area (Å²) in [6.45, 7) is 1.56. The van der Waals surface area contributed by atoms with Crippen molar-refractivity contribution >= 4 is 11.7 Å². The predicted molar refractivity (Wildman–Crippen MR) is 73.0 cm³/mol. The van der Waals surface area contributed by atoms with Crippen molar-refractivity contribution in [2.24, 2.45) is 0 Å². The number of hydrogen-bond acceptors (Lipinski definition) is 4. The number of nitrogen functional groups attached to an aromatic ring is 1. The van der Waals surface area contributed by atoms with Gasteiger partial charge in [-0.05, 0) is 43.3 Å². The van der Waals surface area contributed by atoms with Crippen LogP contribution in [0.25, 0.3) is 0 Å². The second-order valence-electron chi connectivity index (χ2n) is 4.21. The second kappa shape index (κ2) is 6.06. The van der Waals surface area contributed by atoms with Crippen LogP contribution in [0.2, 0.25) is 0 Å². The first kappa shape index (κ1) is 13.9. The maximum absolute atomic E-state index is 12.7. The highest BCUT2D eigenvalue weighted by Crippen LogP contribution is 2.17. The molecule has 4 nitrogen and oxygen atoms in total. The summed E-state index contributed by atoms with van der Waals surface area (Å²) in [7, 11) is 0. The van der Waals surface area contributed by atoms with Crippen LogP contribution in [0.3, 0.4) is 0 Å². The maximum atomic E-state index is 12.7. The van der Waals surface area contributed by atoms with E-state index in [2.05, 4.69) is 0 Å². The minimum atomic E-state index is -0.804. The molecule has 2 N–H and O–H groups in total. The van der Waals surface area contributed by atoms with Gasteiger partial charge in [0.1, 0.15) is 17.3 Å². The Morgan fingerprint density at radius 1 is 1.15 bits per heavy atom. The molecule has 20 heavy (non-hydrogen) atoms. The molecule has 0 aliphatic heterocycles. The van der Waals surface area contributed by atoms with Crippen molar-refractivity contribution < 1.29 is 18.7 Å². The van der Waals surface area contributed by atoms with Crippen molar-refractivity contribution in [3.63, 3.8) is 0 Å². The Hall–Kier alpha value is -2.56. The molecule has 2 aromatic rings. The molecule has 0 saturated carbocycles. The van der Waals surface area contributed by atoms with Crippen LogP contribution < -0.4 is 15.2 Å². The van der Waals surface area contributed by atoms with Gasteiger partial charge in [0.15, 0.2) is 6.10 Å². The van der Waals surface area contributed by atoms with E-state index in [1.165, 1.54) is 24.3 Å². The highest BCUT2D eigenvalue weighted by molar-refractivity contribution is 5.77. The first-order chi connectivity index (χ1) is 9.54. The van der Waals surface area contributed by atoms with Crippen molar-refractivity contribution in [3.8, 4) is 11.5 Å². The van der Waals surface area contributed by atoms with Gasteiger partial charge < -0.3 is 15.2 Å². The molecule has 0 aromatic heterocycles. The largest absolute Gasteiger partial charge is 0.479 e. The Bertz CT molecular complexity index is 598. The van der Waals surface area contributed by atoms with Crippen LogP contribution in [-0.2, 0) is 4.79 Å². The van der Waals surface area contributed by atoms with Gasteiger partial charge in [-0.15, -0.1) is 0 Å². The smallest absolute Gasteiger partial charge is 0.352 e. The van der Waals surface area contributed by atoms with Crippen molar-refractivity contribution in [2.75, 3.05) is 5.73 Å². The monoisotopic (exact) mass is 275 g/mol. The quantitative estimate of drug-likeness (QED) is 0.529. The van der Waals surface area contributed by atoms with E-state index in [0.29, 0.717) is 11.4 Å². The zero-order valence-electron chi connectivity index (χ0n) is 10.9. The Kier molecular flexibility index (Phi) is 4.20. The summed E-state index contributed by atoms with van der Waals surface area (Å²) in [4.78, 5) is 11.8. The molecule has 2 aromatic carbocycles. The molecule has 0 aliphatic carbocycles. The van der Waals surface area contributed by atoms with Gasteiger partial charge in [0.2, 0.25) is 0 Å². The van der Waals surface area contributed by atoms with Crippen molar-refractivity contribution in [1.82, 2.24) is 0 Å². The Balaban J connectivity index is 1.96. The lowest BCUT2D eigenvalue weighted by Crippen LogP contribution is -2.28. The number of anilines is 1. The Labute approximate surface area is 115 Å². The van der Waals surface area contributed by atoms with Gasteiger partial charge in [0, 0.05) is 11.8 Å². The number of nitrogens with two attached hydrogens (primary N) is 1. The number of rotatable bonds is 4. The third-order valence-electron chi connectivity index (χ3n) is 2.53. The van der Waals surface area contributed by atoms with Crippen molar-refractivity contribution in [3.05, 3.63) is 54.3 Å². The maximum Gasteiger partial charge on any atom is 0.352 e. The van der Waals surface area contributed by atoms with E-state index in [1.807, 2.05) is 0 Å². The molecule has 5 heteroatoms. The summed E-state index contributed by atoms with van der Waals surface area (Å²) < 4.78 is 23.2. The van der Waals surface area contributed by atoms with Crippen LogP contribution in [0.15, 0.2) is 48.5 Å². The number of halogens is 1. The van der Waals surface area contributed by atoms with Gasteiger partial charge in [-0.25, -0.2) is 9.18 Å². The first-order valence-corrected chi connectivity index (χ1v) is 6.04. The summed E-state index contributed by atoms with van der Waals surface area (Å²) in [6.07, 6.45) is -0.804. The molecule has 0 aliphatic rings. The molecule has 0 spiro atoms. The third-order valence-corrected chi connectivity index (χ3v) is 2.53. The van der Waals surface area contributed by atoms with E-state index in [1.54, 1.807) is 31.2 Å². The molecular formula is C15H14FNO3. The fourth-order valence-electron chi connectivity index (χ4n) is 1.54. The van der Waals surface area contributed by atoms with E-state index in [0.717, 1.165) is 0 Å². The molecule has 0 heterocycles. The fraction of sp³-hybridized carbons (Fsp3) is 0.133. The molecule has 0 fully saturated rings. The number of benzene rings is 2. The minimum absolute atomic E-state index is 0.263. The van der Waals surface area contributed by atoms with Crippen LogP contribution in [-0.4, -0.2) is 12.1 Å². The average molecular weight is 275 g/mol. The lowest BCUT2D eigenvalue weighted by Gasteiger charge is -2.14. The normalized spacial score (nSPS) is 11.7. The summed E-state index contributed by atoms with van der Waals surface area (Å²) in [5.41, 5.74) is 6.16. The second-order valence-corrected chi connectivity index (χ2v) is 4.21. The minimum Gasteiger partial charge on any atom is -0.479 e. The predicted octanol–water partition coefficient (Wildman–Crippen LogP) is 2.78. The summed E-state index contributed by atoms with van der Waals surface area (Å²) in [5, 5.41) is 0. The van der Waals surface area contributed by atoms with Crippen LogP contribution in [0.5, 0.6) is 11.5 Å². The number of carbonyl (C=O) groups is 1. The third kappa shape index (κ3) is 3.71. The van der Waals surface area contributed by atoms with Crippen molar-refractivity contribution in [1.29, 1.82) is 0 Å². The number of esters is 1. The number of hydrogen-bond donors (Lipinski definition) is 1. The van der Waals surface area contributed by atoms with Gasteiger partial charge in [-0.3, -0.25) is 0 Å². The fourth-order valence-corrected chi connectivity index (χ4v) is 1.54. The van der Waals surface area contributed by atoms with Gasteiger partial charge >= 0.3 is 5.97 Å².